The van der Waals surface area contributed by atoms with Gasteiger partial charge >= 0.3 is 88.7 Å². The molecule has 61 heavy (non-hydrogen) atoms. The van der Waals surface area contributed by atoms with Crippen molar-refractivity contribution in [1.29, 1.82) is 0 Å². The summed E-state index contributed by atoms with van der Waals surface area (Å²) in [4.78, 5) is -0.336. The maximum Gasteiger partial charge on any atom is 1.00 e. The van der Waals surface area contributed by atoms with Crippen LogP contribution in [-0.2, 0) is 28.9 Å². The minimum Gasteiger partial charge on any atom is -0.744 e. The van der Waals surface area contributed by atoms with Crippen molar-refractivity contribution >= 4 is 90.5 Å². The van der Waals surface area contributed by atoms with E-state index in [0.717, 1.165) is 6.07 Å². The fourth-order valence-corrected chi connectivity index (χ4v) is 6.64. The zero-order valence-electron chi connectivity index (χ0n) is 32.7. The molecule has 0 amide bonds. The molecular formula is C36H25N8Na3O11S3. The van der Waals surface area contributed by atoms with E-state index in [1.807, 2.05) is 0 Å². The van der Waals surface area contributed by atoms with E-state index in [2.05, 4.69) is 59.7 Å². The van der Waals surface area contributed by atoms with Crippen LogP contribution in [-0.4, -0.2) is 23.2 Å². The summed E-state index contributed by atoms with van der Waals surface area (Å²) < 4.78 is 44.0. The molecule has 25 heteroatoms. The number of azo groups is 4. The molecule has 0 spiro atoms. The molecule has 0 aliphatic heterocycles. The molecule has 0 radical (unpaired) electrons. The molecule has 0 saturated heterocycles. The van der Waals surface area contributed by atoms with E-state index in [1.165, 1.54) is 24.3 Å². The molecular weight excluding hydrogens is 886 g/mol. The largest absolute Gasteiger partial charge is 1.00 e. The topological polar surface area (TPSA) is 280 Å². The average Bonchev–Trinajstić information content (AvgIpc) is 3.21. The van der Waals surface area contributed by atoms with E-state index in [9.17, 15) is 33.7 Å². The van der Waals surface area contributed by atoms with Crippen molar-refractivity contribution in [1.82, 2.24) is 0 Å². The van der Waals surface area contributed by atoms with E-state index in [0.29, 0.717) is 80.1 Å². The van der Waals surface area contributed by atoms with Gasteiger partial charge in [0.05, 0.1) is 68.0 Å². The van der Waals surface area contributed by atoms with Crippen LogP contribution in [0.4, 0.5) is 45.5 Å². The summed E-state index contributed by atoms with van der Waals surface area (Å²) in [6, 6.07) is 26.1. The molecule has 0 unspecified atom stereocenters. The molecule has 296 valence electrons. The monoisotopic (exact) mass is 910 g/mol. The first-order valence-electron chi connectivity index (χ1n) is 16.2. The number of phenolic OH excluding ortho intramolecular Hbond substituents is 2. The smallest absolute Gasteiger partial charge is 0.744 e. The molecule has 2 N–H and O–H groups in total. The number of aromatic hydroxyl groups is 2. The summed E-state index contributed by atoms with van der Waals surface area (Å²) in [5.41, 5.74) is 3.92. The standard InChI is InChI=1S/C36H28N8O11S3.3Na/c1-20-16-32(43-44-35-33(57-55-53-48)18-22-17-26(9-13-29(22)36(35)46)40-37-25-7-10-27(45)11-8-25)21(2)15-31(20)42-39-24-5-3-23(4-6-24)38-41-30-14-12-28(56-54-52-47)19-34(30)58(49,50)51;;;/h3-19,45-48H,1-2H3,(H,49,50,51);;;/q;3*+1/p-3. The predicted octanol–water partition coefficient (Wildman–Crippen LogP) is 0.907. The fourth-order valence-electron chi connectivity index (χ4n) is 5.04. The molecule has 6 aromatic rings. The third-order valence-corrected chi connectivity index (χ3v) is 9.89. The Morgan fingerprint density at radius 1 is 0.557 bits per heavy atom. The molecule has 0 saturated carbocycles. The van der Waals surface area contributed by atoms with Gasteiger partial charge in [0.25, 0.3) is 0 Å². The van der Waals surface area contributed by atoms with Crippen LogP contribution in [0.2, 0.25) is 0 Å². The number of hydrogen-bond acceptors (Lipinski definition) is 21. The Kier molecular flexibility index (Phi) is 21.2. The first-order chi connectivity index (χ1) is 27.9. The average molecular weight is 911 g/mol. The van der Waals surface area contributed by atoms with Crippen LogP contribution in [0, 0.1) is 13.8 Å². The van der Waals surface area contributed by atoms with Crippen molar-refractivity contribution in [3.8, 4) is 11.5 Å². The van der Waals surface area contributed by atoms with Crippen molar-refractivity contribution < 1.29 is 141 Å². The van der Waals surface area contributed by atoms with Crippen LogP contribution in [0.3, 0.4) is 0 Å². The number of nitrogens with zero attached hydrogens (tertiary/aromatic N) is 8. The van der Waals surface area contributed by atoms with Crippen LogP contribution in [0.1, 0.15) is 11.1 Å². The van der Waals surface area contributed by atoms with Gasteiger partial charge in [0, 0.05) is 10.3 Å². The van der Waals surface area contributed by atoms with Gasteiger partial charge in [0.15, 0.2) is 5.75 Å². The summed E-state index contributed by atoms with van der Waals surface area (Å²) >= 11 is 0.950. The summed E-state index contributed by atoms with van der Waals surface area (Å²) in [7, 11) is -4.94. The first-order valence-corrected chi connectivity index (χ1v) is 19.1. The quantitative estimate of drug-likeness (QED) is 0.0362. The van der Waals surface area contributed by atoms with Crippen molar-refractivity contribution in [2.24, 2.45) is 40.9 Å². The van der Waals surface area contributed by atoms with Crippen molar-refractivity contribution in [3.05, 3.63) is 114 Å². The number of rotatable bonds is 15. The molecule has 0 fully saturated rings. The van der Waals surface area contributed by atoms with Crippen molar-refractivity contribution in [2.75, 3.05) is 0 Å². The van der Waals surface area contributed by atoms with Gasteiger partial charge in [0.1, 0.15) is 27.2 Å². The molecule has 6 rings (SSSR count). The normalized spacial score (nSPS) is 11.7. The summed E-state index contributed by atoms with van der Waals surface area (Å²) in [6.45, 7) is 3.59. The number of fused-ring (bicyclic) bond motifs is 1. The van der Waals surface area contributed by atoms with E-state index in [4.69, 9.17) is 0 Å². The van der Waals surface area contributed by atoms with Gasteiger partial charge in [-0.05, 0) is 133 Å². The Bertz CT molecular complexity index is 2700. The molecule has 0 atom stereocenters. The third-order valence-electron chi connectivity index (χ3n) is 7.84. The predicted molar refractivity (Wildman–Crippen MR) is 203 cm³/mol. The van der Waals surface area contributed by atoms with Crippen LogP contribution in [0.5, 0.6) is 11.5 Å². The van der Waals surface area contributed by atoms with Crippen molar-refractivity contribution in [2.45, 2.75) is 28.5 Å². The van der Waals surface area contributed by atoms with Crippen molar-refractivity contribution in [3.63, 3.8) is 0 Å². The SMILES string of the molecule is Cc1cc(N=Nc2c(SOO[O-])cc3cc(N=Nc4ccc(O)cc4)ccc3c2O)c(C)cc1N=Nc1ccc(N=Nc2ccc(SOO[O-])cc2S(=O)(=O)[O-])cc1.[Na+].[Na+].[Na+]. The Balaban J connectivity index is 0.00000331. The molecule has 0 aromatic heterocycles. The molecule has 0 heterocycles. The Morgan fingerprint density at radius 2 is 1.05 bits per heavy atom. The van der Waals surface area contributed by atoms with Gasteiger partial charge in [-0.3, -0.25) is 10.1 Å². The van der Waals surface area contributed by atoms with E-state index in [-0.39, 0.29) is 121 Å². The zero-order valence-corrected chi connectivity index (χ0v) is 41.1. The number of hydrogen-bond donors (Lipinski definition) is 2. The summed E-state index contributed by atoms with van der Waals surface area (Å²) in [6.07, 6.45) is 0. The van der Waals surface area contributed by atoms with Crippen LogP contribution in [0.25, 0.3) is 10.8 Å². The second kappa shape index (κ2) is 24.7. The first kappa shape index (κ1) is 52.3. The molecule has 19 nitrogen and oxygen atoms in total. The van der Waals surface area contributed by atoms with Crippen LogP contribution >= 0.6 is 24.1 Å². The van der Waals surface area contributed by atoms with Gasteiger partial charge < -0.3 is 25.3 Å². The molecule has 0 aliphatic rings. The minimum atomic E-state index is -4.94. The summed E-state index contributed by atoms with van der Waals surface area (Å²) in [5, 5.41) is 82.8. The second-order valence-corrected chi connectivity index (χ2v) is 14.6. The third kappa shape index (κ3) is 14.5. The zero-order chi connectivity index (χ0) is 41.2. The molecule has 6 aromatic carbocycles. The Hall–Kier alpha value is -3.05. The fraction of sp³-hybridized carbons (Fsp3) is 0.0556. The number of benzene rings is 6. The van der Waals surface area contributed by atoms with Gasteiger partial charge in [-0.15, -0.1) is 10.2 Å². The van der Waals surface area contributed by atoms with E-state index >= 15 is 0 Å². The Morgan fingerprint density at radius 3 is 1.62 bits per heavy atom. The maximum absolute atomic E-state index is 11.8. The van der Waals surface area contributed by atoms with E-state index in [1.54, 1.807) is 86.6 Å². The van der Waals surface area contributed by atoms with Crippen LogP contribution in [0.15, 0.2) is 159 Å². The van der Waals surface area contributed by atoms with Gasteiger partial charge in [0.2, 0.25) is 0 Å². The second-order valence-electron chi connectivity index (χ2n) is 11.8. The number of phenols is 2. The summed E-state index contributed by atoms with van der Waals surface area (Å²) in [5.74, 6) is -0.136. The van der Waals surface area contributed by atoms with Gasteiger partial charge in [-0.2, -0.15) is 39.4 Å². The number of aryl methyl sites for hydroxylation is 2. The molecule has 0 aliphatic carbocycles. The molecule has 0 bridgehead atoms. The van der Waals surface area contributed by atoms with Gasteiger partial charge in [-0.25, -0.2) is 8.42 Å². The van der Waals surface area contributed by atoms with Crippen LogP contribution < -0.4 is 99.2 Å². The Labute approximate surface area is 422 Å². The minimum absolute atomic E-state index is 0. The van der Waals surface area contributed by atoms with Gasteiger partial charge in [-0.1, -0.05) is 0 Å². The van der Waals surface area contributed by atoms with E-state index < -0.39 is 15.0 Å². The maximum atomic E-state index is 11.8.